The number of aryl methyl sites for hydroxylation is 2. The standard InChI is InChI=1S/C14H13F2N/c1-8-3-5-11(14(16)13(8)15)10-4-6-12(17)9(2)7-10/h3-7H,17H2,1-2H3. The molecule has 2 rings (SSSR count). The number of rotatable bonds is 1. The summed E-state index contributed by atoms with van der Waals surface area (Å²) < 4.78 is 27.2. The van der Waals surface area contributed by atoms with E-state index in [4.69, 9.17) is 5.73 Å². The van der Waals surface area contributed by atoms with Gasteiger partial charge in [0, 0.05) is 11.3 Å². The number of hydrogen-bond donors (Lipinski definition) is 1. The number of nitrogen functional groups attached to an aromatic ring is 1. The lowest BCUT2D eigenvalue weighted by Crippen LogP contribution is -1.95. The van der Waals surface area contributed by atoms with Crippen molar-refractivity contribution in [3.63, 3.8) is 0 Å². The number of halogens is 2. The zero-order valence-electron chi connectivity index (χ0n) is 9.72. The summed E-state index contributed by atoms with van der Waals surface area (Å²) in [7, 11) is 0. The van der Waals surface area contributed by atoms with Crippen LogP contribution >= 0.6 is 0 Å². The Labute approximate surface area is 98.9 Å². The molecule has 1 nitrogen and oxygen atoms in total. The highest BCUT2D eigenvalue weighted by Crippen LogP contribution is 2.28. The fourth-order valence-corrected chi connectivity index (χ4v) is 1.71. The van der Waals surface area contributed by atoms with Gasteiger partial charge in [0.15, 0.2) is 11.6 Å². The first-order valence-corrected chi connectivity index (χ1v) is 5.32. The lowest BCUT2D eigenvalue weighted by molar-refractivity contribution is 0.505. The first-order chi connectivity index (χ1) is 8.00. The van der Waals surface area contributed by atoms with E-state index in [-0.39, 0.29) is 5.56 Å². The van der Waals surface area contributed by atoms with Gasteiger partial charge in [-0.1, -0.05) is 18.2 Å². The van der Waals surface area contributed by atoms with Crippen molar-refractivity contribution in [1.82, 2.24) is 0 Å². The molecule has 0 heterocycles. The molecule has 0 aliphatic heterocycles. The Balaban J connectivity index is 2.61. The molecule has 2 aromatic carbocycles. The second-order valence-electron chi connectivity index (χ2n) is 4.13. The van der Waals surface area contributed by atoms with E-state index in [2.05, 4.69) is 0 Å². The smallest absolute Gasteiger partial charge is 0.166 e. The molecule has 0 saturated carbocycles. The highest BCUT2D eigenvalue weighted by Gasteiger charge is 2.12. The van der Waals surface area contributed by atoms with E-state index in [1.54, 1.807) is 30.3 Å². The fraction of sp³-hybridized carbons (Fsp3) is 0.143. The van der Waals surface area contributed by atoms with Gasteiger partial charge in [0.25, 0.3) is 0 Å². The number of hydrogen-bond acceptors (Lipinski definition) is 1. The van der Waals surface area contributed by atoms with Gasteiger partial charge >= 0.3 is 0 Å². The van der Waals surface area contributed by atoms with Gasteiger partial charge in [0.1, 0.15) is 0 Å². The maximum absolute atomic E-state index is 13.8. The number of benzene rings is 2. The topological polar surface area (TPSA) is 26.0 Å². The van der Waals surface area contributed by atoms with Crippen LogP contribution in [0.3, 0.4) is 0 Å². The second-order valence-corrected chi connectivity index (χ2v) is 4.13. The van der Waals surface area contributed by atoms with Crippen LogP contribution in [0.4, 0.5) is 14.5 Å². The third kappa shape index (κ3) is 2.00. The van der Waals surface area contributed by atoms with E-state index in [1.165, 1.54) is 6.92 Å². The molecule has 17 heavy (non-hydrogen) atoms. The van der Waals surface area contributed by atoms with Crippen LogP contribution in [0.15, 0.2) is 30.3 Å². The lowest BCUT2D eigenvalue weighted by atomic mass is 10.0. The molecule has 0 aromatic heterocycles. The minimum absolute atomic E-state index is 0.260. The van der Waals surface area contributed by atoms with Gasteiger partial charge < -0.3 is 5.73 Å². The maximum Gasteiger partial charge on any atom is 0.166 e. The van der Waals surface area contributed by atoms with Gasteiger partial charge in [-0.05, 0) is 42.7 Å². The molecule has 0 saturated heterocycles. The van der Waals surface area contributed by atoms with Crippen molar-refractivity contribution in [2.45, 2.75) is 13.8 Å². The van der Waals surface area contributed by atoms with E-state index in [0.29, 0.717) is 16.8 Å². The van der Waals surface area contributed by atoms with E-state index in [9.17, 15) is 8.78 Å². The Kier molecular flexibility index (Phi) is 2.84. The van der Waals surface area contributed by atoms with Crippen molar-refractivity contribution in [2.75, 3.05) is 5.73 Å². The first-order valence-electron chi connectivity index (χ1n) is 5.32. The molecule has 88 valence electrons. The third-order valence-corrected chi connectivity index (χ3v) is 2.86. The van der Waals surface area contributed by atoms with E-state index < -0.39 is 11.6 Å². The maximum atomic E-state index is 13.8. The largest absolute Gasteiger partial charge is 0.399 e. The van der Waals surface area contributed by atoms with Gasteiger partial charge in [0.2, 0.25) is 0 Å². The summed E-state index contributed by atoms with van der Waals surface area (Å²) in [5, 5.41) is 0. The van der Waals surface area contributed by atoms with E-state index in [0.717, 1.165) is 5.56 Å². The molecule has 0 radical (unpaired) electrons. The Hall–Kier alpha value is -1.90. The fourth-order valence-electron chi connectivity index (χ4n) is 1.71. The molecular formula is C14H13F2N. The third-order valence-electron chi connectivity index (χ3n) is 2.86. The molecule has 0 fully saturated rings. The molecule has 0 atom stereocenters. The van der Waals surface area contributed by atoms with Crippen molar-refractivity contribution >= 4 is 5.69 Å². The van der Waals surface area contributed by atoms with Crippen molar-refractivity contribution < 1.29 is 8.78 Å². The molecule has 3 heteroatoms. The molecule has 2 aromatic rings. The van der Waals surface area contributed by atoms with Crippen LogP contribution in [-0.2, 0) is 0 Å². The van der Waals surface area contributed by atoms with Crippen LogP contribution in [0, 0.1) is 25.5 Å². The summed E-state index contributed by atoms with van der Waals surface area (Å²) >= 11 is 0. The summed E-state index contributed by atoms with van der Waals surface area (Å²) in [6.45, 7) is 3.37. The minimum atomic E-state index is -0.811. The molecule has 0 spiro atoms. The molecule has 0 amide bonds. The van der Waals surface area contributed by atoms with Crippen LogP contribution in [0.5, 0.6) is 0 Å². The second kappa shape index (κ2) is 4.17. The predicted octanol–water partition coefficient (Wildman–Crippen LogP) is 3.83. The summed E-state index contributed by atoms with van der Waals surface area (Å²) in [6, 6.07) is 8.29. The monoisotopic (exact) mass is 233 g/mol. The zero-order chi connectivity index (χ0) is 12.6. The number of anilines is 1. The highest BCUT2D eigenvalue weighted by atomic mass is 19.2. The van der Waals surface area contributed by atoms with Crippen molar-refractivity contribution in [2.24, 2.45) is 0 Å². The van der Waals surface area contributed by atoms with Gasteiger partial charge in [-0.2, -0.15) is 0 Å². The summed E-state index contributed by atoms with van der Waals surface area (Å²) in [6.07, 6.45) is 0. The average Bonchev–Trinajstić information content (AvgIpc) is 2.30. The van der Waals surface area contributed by atoms with Crippen molar-refractivity contribution in [3.05, 3.63) is 53.1 Å². The van der Waals surface area contributed by atoms with Crippen molar-refractivity contribution in [3.8, 4) is 11.1 Å². The van der Waals surface area contributed by atoms with Gasteiger partial charge in [-0.15, -0.1) is 0 Å². The van der Waals surface area contributed by atoms with Crippen LogP contribution in [0.1, 0.15) is 11.1 Å². The average molecular weight is 233 g/mol. The first kappa shape index (κ1) is 11.6. The molecule has 2 N–H and O–H groups in total. The Morgan fingerprint density at radius 2 is 1.59 bits per heavy atom. The Morgan fingerprint density at radius 3 is 2.24 bits per heavy atom. The van der Waals surface area contributed by atoms with E-state index >= 15 is 0 Å². The molecular weight excluding hydrogens is 220 g/mol. The lowest BCUT2D eigenvalue weighted by Gasteiger charge is -2.08. The SMILES string of the molecule is Cc1cc(-c2ccc(C)c(F)c2F)ccc1N. The molecule has 0 aliphatic rings. The Morgan fingerprint density at radius 1 is 0.882 bits per heavy atom. The van der Waals surface area contributed by atoms with Crippen LogP contribution in [0.2, 0.25) is 0 Å². The number of nitrogens with two attached hydrogens (primary N) is 1. The summed E-state index contributed by atoms with van der Waals surface area (Å²) in [4.78, 5) is 0. The van der Waals surface area contributed by atoms with Crippen LogP contribution < -0.4 is 5.73 Å². The van der Waals surface area contributed by atoms with Gasteiger partial charge in [0.05, 0.1) is 0 Å². The normalized spacial score (nSPS) is 10.6. The highest BCUT2D eigenvalue weighted by molar-refractivity contribution is 5.68. The van der Waals surface area contributed by atoms with E-state index in [1.807, 2.05) is 6.92 Å². The van der Waals surface area contributed by atoms with Gasteiger partial charge in [-0.25, -0.2) is 8.78 Å². The molecule has 0 unspecified atom stereocenters. The van der Waals surface area contributed by atoms with Crippen molar-refractivity contribution in [1.29, 1.82) is 0 Å². The minimum Gasteiger partial charge on any atom is -0.399 e. The zero-order valence-corrected chi connectivity index (χ0v) is 9.72. The molecule has 0 aliphatic carbocycles. The van der Waals surface area contributed by atoms with Crippen LogP contribution in [0.25, 0.3) is 11.1 Å². The summed E-state index contributed by atoms with van der Waals surface area (Å²) in [5.41, 5.74) is 8.38. The summed E-state index contributed by atoms with van der Waals surface area (Å²) in [5.74, 6) is -1.61. The van der Waals surface area contributed by atoms with Crippen LogP contribution in [-0.4, -0.2) is 0 Å². The predicted molar refractivity (Wildman–Crippen MR) is 65.7 cm³/mol. The quantitative estimate of drug-likeness (QED) is 0.744. The molecule has 0 bridgehead atoms. The van der Waals surface area contributed by atoms with Gasteiger partial charge in [-0.3, -0.25) is 0 Å². The Bertz CT molecular complexity index is 577.